The van der Waals surface area contributed by atoms with Gasteiger partial charge in [0.25, 0.3) is 0 Å². The molecule has 4 N–H and O–H groups in total. The molecule has 0 aliphatic rings. The maximum atomic E-state index is 10.1. The van der Waals surface area contributed by atoms with Gasteiger partial charge in [0.2, 0.25) is 0 Å². The maximum absolute atomic E-state index is 10.1. The molecule has 0 heterocycles. The van der Waals surface area contributed by atoms with Crippen LogP contribution >= 0.6 is 0 Å². The topological polar surface area (TPSA) is 117 Å². The van der Waals surface area contributed by atoms with Crippen LogP contribution in [0.5, 0.6) is 0 Å². The van der Waals surface area contributed by atoms with Crippen molar-refractivity contribution in [3.8, 4) is 23.7 Å². The lowest BCUT2D eigenvalue weighted by Crippen LogP contribution is -2.18. The minimum Gasteiger partial charge on any atom is -0.450 e. The molecule has 0 unspecified atom stereocenters. The van der Waals surface area contributed by atoms with Crippen LogP contribution < -0.4 is 10.6 Å². The lowest BCUT2D eigenvalue weighted by molar-refractivity contribution is 0.153. The summed E-state index contributed by atoms with van der Waals surface area (Å²) in [6.07, 6.45) is 0.187. The Morgan fingerprint density at radius 3 is 1.33 bits per heavy atom. The predicted molar refractivity (Wildman–Crippen MR) is 91.1 cm³/mol. The van der Waals surface area contributed by atoms with Gasteiger partial charge >= 0.3 is 12.2 Å². The minimum atomic E-state index is -0.373. The third-order valence-electron chi connectivity index (χ3n) is 1.67. The monoisotopic (exact) mass is 344 g/mol. The van der Waals surface area contributed by atoms with Crippen molar-refractivity contribution in [1.29, 1.82) is 0 Å². The molecule has 138 valence electrons. The van der Waals surface area contributed by atoms with Crippen molar-refractivity contribution >= 4 is 12.2 Å². The fraction of sp³-hybridized carbons (Fsp3) is 0.625. The number of ether oxygens (including phenoxy) is 2. The third-order valence-corrected chi connectivity index (χ3v) is 1.67. The summed E-state index contributed by atoms with van der Waals surface area (Å²) in [7, 11) is 3.05. The van der Waals surface area contributed by atoms with Gasteiger partial charge in [-0.05, 0) is 25.7 Å². The average molecular weight is 344 g/mol. The van der Waals surface area contributed by atoms with Gasteiger partial charge in [-0.2, -0.15) is 0 Å². The van der Waals surface area contributed by atoms with Crippen molar-refractivity contribution in [1.82, 2.24) is 10.6 Å². The Hall–Kier alpha value is -2.42. The second-order valence-electron chi connectivity index (χ2n) is 3.49. The number of aliphatic hydroxyl groups excluding tert-OH is 2. The van der Waals surface area contributed by atoms with Gasteiger partial charge < -0.3 is 30.3 Å². The van der Waals surface area contributed by atoms with E-state index in [1.54, 1.807) is 13.8 Å². The molecule has 8 nitrogen and oxygen atoms in total. The van der Waals surface area contributed by atoms with Crippen molar-refractivity contribution in [3.63, 3.8) is 0 Å². The van der Waals surface area contributed by atoms with E-state index in [1.165, 1.54) is 14.1 Å². The Balaban J connectivity index is -0.000000283. The highest BCUT2D eigenvalue weighted by atomic mass is 16.5. The number of hydrogen-bond donors (Lipinski definition) is 4. The van der Waals surface area contributed by atoms with Gasteiger partial charge in [-0.25, -0.2) is 9.59 Å². The second kappa shape index (κ2) is 25.5. The Morgan fingerprint density at radius 2 is 1.17 bits per heavy atom. The van der Waals surface area contributed by atoms with Gasteiger partial charge in [-0.1, -0.05) is 11.8 Å². The first-order valence-corrected chi connectivity index (χ1v) is 7.40. The predicted octanol–water partition coefficient (Wildman–Crippen LogP) is 0.483. The molecule has 0 radical (unpaired) electrons. The SMILES string of the molecule is CCOC(=O)NC.CCOC(=O)NC.OCCC#CC#CCCO. The van der Waals surface area contributed by atoms with E-state index >= 15 is 0 Å². The number of carbonyl (C=O) groups is 2. The summed E-state index contributed by atoms with van der Waals surface area (Å²) in [4.78, 5) is 20.2. The fourth-order valence-corrected chi connectivity index (χ4v) is 0.732. The Bertz CT molecular complexity index is 378. The summed E-state index contributed by atoms with van der Waals surface area (Å²) < 4.78 is 8.88. The average Bonchev–Trinajstić information content (AvgIpc) is 2.59. The first kappa shape index (κ1) is 26.5. The zero-order valence-corrected chi connectivity index (χ0v) is 14.8. The Morgan fingerprint density at radius 1 is 0.833 bits per heavy atom. The molecule has 0 aromatic heterocycles. The van der Waals surface area contributed by atoms with Crippen molar-refractivity contribution in [2.45, 2.75) is 26.7 Å². The number of carbonyl (C=O) groups excluding carboxylic acids is 2. The standard InChI is InChI=1S/C8H10O2.2C4H9NO2/c9-7-5-3-1-2-4-6-8-10;2*1-3-7-4(6)5-2/h9-10H,5-8H2;2*3H2,1-2H3,(H,5,6). The van der Waals surface area contributed by atoms with Crippen molar-refractivity contribution in [2.24, 2.45) is 0 Å². The van der Waals surface area contributed by atoms with Crippen LogP contribution in [0, 0.1) is 23.7 Å². The molecule has 0 atom stereocenters. The lowest BCUT2D eigenvalue weighted by atomic mass is 10.4. The first-order chi connectivity index (χ1) is 11.5. The van der Waals surface area contributed by atoms with Crippen molar-refractivity contribution < 1.29 is 29.3 Å². The number of amides is 2. The van der Waals surface area contributed by atoms with Crippen LogP contribution in [0.4, 0.5) is 9.59 Å². The molecule has 0 aromatic rings. The molecule has 0 rings (SSSR count). The Labute approximate surface area is 143 Å². The summed E-state index contributed by atoms with van der Waals surface area (Å²) in [5.74, 6) is 10.4. The molecule has 24 heavy (non-hydrogen) atoms. The fourth-order valence-electron chi connectivity index (χ4n) is 0.732. The highest BCUT2D eigenvalue weighted by molar-refractivity contribution is 5.66. The largest absolute Gasteiger partial charge is 0.450 e. The third kappa shape index (κ3) is 31.8. The van der Waals surface area contributed by atoms with Gasteiger partial charge in [0.1, 0.15) is 0 Å². The quantitative estimate of drug-likeness (QED) is 0.551. The van der Waals surface area contributed by atoms with Crippen LogP contribution in [0.3, 0.4) is 0 Å². The summed E-state index contributed by atoms with van der Waals surface area (Å²) in [5.41, 5.74) is 0. The summed E-state index contributed by atoms with van der Waals surface area (Å²) in [6.45, 7) is 4.53. The molecule has 0 saturated heterocycles. The number of rotatable bonds is 4. The molecule has 0 aromatic carbocycles. The van der Waals surface area contributed by atoms with E-state index in [0.717, 1.165) is 0 Å². The summed E-state index contributed by atoms with van der Waals surface area (Å²) >= 11 is 0. The molecule has 0 spiro atoms. The highest BCUT2D eigenvalue weighted by Gasteiger charge is 1.89. The van der Waals surface area contributed by atoms with Gasteiger partial charge in [-0.15, -0.1) is 0 Å². The number of nitrogens with one attached hydrogen (secondary N) is 2. The van der Waals surface area contributed by atoms with E-state index in [9.17, 15) is 9.59 Å². The summed E-state index contributed by atoms with van der Waals surface area (Å²) in [5, 5.41) is 21.2. The van der Waals surface area contributed by atoms with Crippen molar-refractivity contribution in [2.75, 3.05) is 40.5 Å². The maximum Gasteiger partial charge on any atom is 0.406 e. The van der Waals surface area contributed by atoms with Gasteiger partial charge in [0.05, 0.1) is 26.4 Å². The highest BCUT2D eigenvalue weighted by Crippen LogP contribution is 1.71. The van der Waals surface area contributed by atoms with Crippen LogP contribution in [0.25, 0.3) is 0 Å². The molecule has 0 saturated carbocycles. The number of aliphatic hydroxyl groups is 2. The number of alkyl carbamates (subject to hydrolysis) is 2. The van der Waals surface area contributed by atoms with Crippen molar-refractivity contribution in [3.05, 3.63) is 0 Å². The molecule has 0 aliphatic carbocycles. The van der Waals surface area contributed by atoms with Crippen LogP contribution in [0.2, 0.25) is 0 Å². The van der Waals surface area contributed by atoms with E-state index in [0.29, 0.717) is 26.1 Å². The molecule has 0 fully saturated rings. The van der Waals surface area contributed by atoms with Gasteiger partial charge in [0, 0.05) is 26.9 Å². The normalized spacial score (nSPS) is 7.42. The second-order valence-corrected chi connectivity index (χ2v) is 3.49. The molecular weight excluding hydrogens is 316 g/mol. The van der Waals surface area contributed by atoms with E-state index in [2.05, 4.69) is 43.8 Å². The molecule has 0 bridgehead atoms. The van der Waals surface area contributed by atoms with E-state index in [4.69, 9.17) is 10.2 Å². The first-order valence-electron chi connectivity index (χ1n) is 7.40. The van der Waals surface area contributed by atoms with Crippen LogP contribution in [-0.4, -0.2) is 62.9 Å². The molecule has 2 amide bonds. The van der Waals surface area contributed by atoms with E-state index < -0.39 is 0 Å². The van der Waals surface area contributed by atoms with Gasteiger partial charge in [0.15, 0.2) is 0 Å². The van der Waals surface area contributed by atoms with Crippen LogP contribution in [0.1, 0.15) is 26.7 Å². The smallest absolute Gasteiger partial charge is 0.406 e. The van der Waals surface area contributed by atoms with E-state index in [-0.39, 0.29) is 25.4 Å². The molecule has 8 heteroatoms. The number of hydrogen-bond acceptors (Lipinski definition) is 6. The summed E-state index contributed by atoms with van der Waals surface area (Å²) in [6, 6.07) is 0. The zero-order valence-electron chi connectivity index (χ0n) is 14.8. The minimum absolute atomic E-state index is 0.0781. The van der Waals surface area contributed by atoms with Crippen LogP contribution in [0.15, 0.2) is 0 Å². The van der Waals surface area contributed by atoms with Crippen LogP contribution in [-0.2, 0) is 9.47 Å². The molecular formula is C16H28N2O6. The van der Waals surface area contributed by atoms with E-state index in [1.807, 2.05) is 0 Å². The zero-order chi connectivity index (χ0) is 19.1. The molecule has 0 aliphatic heterocycles. The van der Waals surface area contributed by atoms with Gasteiger partial charge in [-0.3, -0.25) is 0 Å². The Kier molecular flexibility index (Phi) is 28.2. The lowest BCUT2D eigenvalue weighted by Gasteiger charge is -1.95.